The number of nitrogens with zero attached hydrogens (tertiary/aromatic N) is 3. The van der Waals surface area contributed by atoms with E-state index in [0.29, 0.717) is 41.4 Å². The van der Waals surface area contributed by atoms with Crippen LogP contribution in [0.2, 0.25) is 0 Å². The molecule has 0 aromatic heterocycles. The smallest absolute Gasteiger partial charge is 0.255 e. The van der Waals surface area contributed by atoms with E-state index in [4.69, 9.17) is 5.73 Å². The van der Waals surface area contributed by atoms with Crippen molar-refractivity contribution in [1.82, 2.24) is 10.2 Å². The van der Waals surface area contributed by atoms with Gasteiger partial charge in [0, 0.05) is 55.0 Å². The first-order valence-electron chi connectivity index (χ1n) is 11.4. The van der Waals surface area contributed by atoms with Crippen molar-refractivity contribution >= 4 is 40.9 Å². The van der Waals surface area contributed by atoms with Crippen molar-refractivity contribution in [3.05, 3.63) is 59.5 Å². The van der Waals surface area contributed by atoms with Crippen LogP contribution in [0.15, 0.2) is 58.3 Å². The molecule has 34 heavy (non-hydrogen) atoms. The van der Waals surface area contributed by atoms with Crippen LogP contribution < -0.4 is 11.1 Å². The van der Waals surface area contributed by atoms with Crippen molar-refractivity contribution in [2.75, 3.05) is 13.1 Å². The Morgan fingerprint density at radius 2 is 1.88 bits per heavy atom. The predicted molar refractivity (Wildman–Crippen MR) is 137 cm³/mol. The summed E-state index contributed by atoms with van der Waals surface area (Å²) >= 11 is 0. The molecule has 8 nitrogen and oxygen atoms in total. The van der Waals surface area contributed by atoms with E-state index in [1.165, 1.54) is 19.2 Å². The first kappa shape index (κ1) is 26.4. The lowest BCUT2D eigenvalue weighted by Gasteiger charge is -2.22. The molecule has 0 fully saturated rings. The van der Waals surface area contributed by atoms with Gasteiger partial charge in [0.1, 0.15) is 11.5 Å². The maximum atomic E-state index is 13.1. The number of carbonyl (C=O) groups is 3. The Kier molecular flexibility index (Phi) is 9.67. The number of ketones is 1. The molecule has 0 saturated heterocycles. The lowest BCUT2D eigenvalue weighted by molar-refractivity contribution is -0.127. The third-order valence-electron chi connectivity index (χ3n) is 5.07. The van der Waals surface area contributed by atoms with Gasteiger partial charge >= 0.3 is 0 Å². The number of rotatable bonds is 10. The van der Waals surface area contributed by atoms with E-state index in [2.05, 4.69) is 21.9 Å². The Labute approximate surface area is 201 Å². The second-order valence-electron chi connectivity index (χ2n) is 8.06. The maximum Gasteiger partial charge on any atom is 0.255 e. The Bertz CT molecular complexity index is 1090. The van der Waals surface area contributed by atoms with Crippen LogP contribution in [-0.4, -0.2) is 47.1 Å². The number of fused-ring (bicyclic) bond motifs is 1. The molecule has 1 aromatic rings. The molecule has 0 aliphatic carbocycles. The summed E-state index contributed by atoms with van der Waals surface area (Å²) in [4.78, 5) is 47.6. The second kappa shape index (κ2) is 12.4. The minimum atomic E-state index is -0.356. The second-order valence-corrected chi connectivity index (χ2v) is 8.06. The average molecular weight is 464 g/mol. The zero-order chi connectivity index (χ0) is 25.3. The Balaban J connectivity index is 2.29. The van der Waals surface area contributed by atoms with Crippen molar-refractivity contribution in [3.63, 3.8) is 0 Å². The number of aliphatic imine (C=N–C) groups is 2. The van der Waals surface area contributed by atoms with Gasteiger partial charge in [-0.25, -0.2) is 4.99 Å². The molecule has 2 amide bonds. The first-order chi connectivity index (χ1) is 16.2. The van der Waals surface area contributed by atoms with Gasteiger partial charge in [0.25, 0.3) is 5.91 Å². The Morgan fingerprint density at radius 3 is 2.47 bits per heavy atom. The molecule has 1 aliphatic heterocycles. The predicted octanol–water partition coefficient (Wildman–Crippen LogP) is 3.92. The summed E-state index contributed by atoms with van der Waals surface area (Å²) in [6, 6.07) is 5.06. The number of hydrogen-bond acceptors (Lipinski definition) is 6. The van der Waals surface area contributed by atoms with Gasteiger partial charge in [-0.15, -0.1) is 0 Å². The highest BCUT2D eigenvalue weighted by Gasteiger charge is 2.21. The van der Waals surface area contributed by atoms with Gasteiger partial charge in [0.15, 0.2) is 5.78 Å². The normalized spacial score (nSPS) is 13.8. The molecule has 8 heteroatoms. The van der Waals surface area contributed by atoms with Crippen LogP contribution in [0.5, 0.6) is 0 Å². The van der Waals surface area contributed by atoms with Crippen molar-refractivity contribution < 1.29 is 14.4 Å². The number of amides is 2. The SMILES string of the molecule is C=CC(=N/C=C(\C)NC(=O)c1ccc2c(c1)N=C(N)CC(C(=O)N(CCC)CCC)=C2)C(C)=O. The molecule has 0 radical (unpaired) electrons. The van der Waals surface area contributed by atoms with Crippen LogP contribution in [-0.2, 0) is 9.59 Å². The molecule has 0 atom stereocenters. The fourth-order valence-corrected chi connectivity index (χ4v) is 3.46. The van der Waals surface area contributed by atoms with Gasteiger partial charge in [-0.1, -0.05) is 26.5 Å². The zero-order valence-corrected chi connectivity index (χ0v) is 20.4. The minimum absolute atomic E-state index is 0.0395. The number of carbonyl (C=O) groups excluding carboxylic acids is 3. The van der Waals surface area contributed by atoms with Crippen molar-refractivity contribution in [2.45, 2.75) is 47.0 Å². The van der Waals surface area contributed by atoms with E-state index in [9.17, 15) is 14.4 Å². The fourth-order valence-electron chi connectivity index (χ4n) is 3.46. The Morgan fingerprint density at radius 1 is 1.21 bits per heavy atom. The highest BCUT2D eigenvalue weighted by atomic mass is 16.2. The van der Waals surface area contributed by atoms with Crippen LogP contribution in [0, 0.1) is 0 Å². The number of benzene rings is 1. The standard InChI is InChI=1S/C26H33N5O3/c1-6-11-31(12-7-2)26(34)21-13-19-9-10-20(14-23(19)30-24(27)15-21)25(33)29-17(4)16-28-22(8-3)18(5)32/h8-10,13-14,16H,3,6-7,11-12,15H2,1-2,4-5H3,(H2,27,30)(H,29,33)/b17-16+,28-22?. The number of nitrogens with two attached hydrogens (primary N) is 1. The number of allylic oxidation sites excluding steroid dienone is 2. The largest absolute Gasteiger partial charge is 0.387 e. The lowest BCUT2D eigenvalue weighted by Crippen LogP contribution is -2.34. The average Bonchev–Trinajstić information content (AvgIpc) is 2.95. The molecule has 0 spiro atoms. The van der Waals surface area contributed by atoms with Crippen molar-refractivity contribution in [3.8, 4) is 0 Å². The van der Waals surface area contributed by atoms with Gasteiger partial charge in [-0.3, -0.25) is 19.4 Å². The van der Waals surface area contributed by atoms with Crippen LogP contribution in [0.3, 0.4) is 0 Å². The molecule has 1 aliphatic rings. The summed E-state index contributed by atoms with van der Waals surface area (Å²) in [5, 5.41) is 2.73. The van der Waals surface area contributed by atoms with Gasteiger partial charge in [-0.2, -0.15) is 0 Å². The number of Topliss-reactive ketones (excluding diaryl/α,β-unsaturated/α-hetero) is 1. The summed E-state index contributed by atoms with van der Waals surface area (Å²) in [6.07, 6.45) is 6.56. The van der Waals surface area contributed by atoms with E-state index in [0.717, 1.165) is 18.4 Å². The summed E-state index contributed by atoms with van der Waals surface area (Å²) in [5.74, 6) is -0.298. The molecule has 2 rings (SSSR count). The van der Waals surface area contributed by atoms with E-state index in [1.54, 1.807) is 31.2 Å². The van der Waals surface area contributed by atoms with E-state index < -0.39 is 0 Å². The number of amidine groups is 1. The van der Waals surface area contributed by atoms with Gasteiger partial charge < -0.3 is 16.0 Å². The van der Waals surface area contributed by atoms with Crippen LogP contribution >= 0.6 is 0 Å². The summed E-state index contributed by atoms with van der Waals surface area (Å²) in [5.41, 5.74) is 8.99. The molecule has 0 saturated carbocycles. The molecule has 180 valence electrons. The van der Waals surface area contributed by atoms with Crippen molar-refractivity contribution in [2.24, 2.45) is 15.7 Å². The first-order valence-corrected chi connectivity index (χ1v) is 11.4. The van der Waals surface area contributed by atoms with Crippen molar-refractivity contribution in [1.29, 1.82) is 0 Å². The van der Waals surface area contributed by atoms with E-state index >= 15 is 0 Å². The lowest BCUT2D eigenvalue weighted by atomic mass is 10.0. The molecular weight excluding hydrogens is 430 g/mol. The Hall–Kier alpha value is -3.81. The van der Waals surface area contributed by atoms with Crippen LogP contribution in [0.4, 0.5) is 5.69 Å². The minimum Gasteiger partial charge on any atom is -0.387 e. The fraction of sp³-hybridized carbons (Fsp3) is 0.346. The monoisotopic (exact) mass is 463 g/mol. The molecule has 3 N–H and O–H groups in total. The molecule has 1 heterocycles. The third kappa shape index (κ3) is 7.10. The molecule has 0 bridgehead atoms. The van der Waals surface area contributed by atoms with E-state index in [-0.39, 0.29) is 29.7 Å². The van der Waals surface area contributed by atoms with Gasteiger partial charge in [0.2, 0.25) is 5.91 Å². The zero-order valence-electron chi connectivity index (χ0n) is 20.4. The van der Waals surface area contributed by atoms with Crippen LogP contribution in [0.1, 0.15) is 62.9 Å². The van der Waals surface area contributed by atoms with Crippen LogP contribution in [0.25, 0.3) is 6.08 Å². The number of hydrogen-bond donors (Lipinski definition) is 2. The quantitative estimate of drug-likeness (QED) is 0.511. The summed E-state index contributed by atoms with van der Waals surface area (Å²) in [6.45, 7) is 12.1. The van der Waals surface area contributed by atoms with Gasteiger partial charge in [0.05, 0.1) is 5.69 Å². The maximum absolute atomic E-state index is 13.1. The molecular formula is C26H33N5O3. The van der Waals surface area contributed by atoms with Gasteiger partial charge in [-0.05, 0) is 44.1 Å². The molecule has 0 unspecified atom stereocenters. The van der Waals surface area contributed by atoms with E-state index in [1.807, 2.05) is 18.7 Å². The third-order valence-corrected chi connectivity index (χ3v) is 5.07. The highest BCUT2D eigenvalue weighted by molar-refractivity contribution is 6.43. The molecule has 1 aromatic carbocycles. The highest BCUT2D eigenvalue weighted by Crippen LogP contribution is 2.28. The number of nitrogens with one attached hydrogen (secondary N) is 1. The summed E-state index contributed by atoms with van der Waals surface area (Å²) < 4.78 is 0. The topological polar surface area (TPSA) is 117 Å². The summed E-state index contributed by atoms with van der Waals surface area (Å²) in [7, 11) is 0.